The van der Waals surface area contributed by atoms with E-state index in [-0.39, 0.29) is 25.9 Å². The minimum absolute atomic E-state index is 0.129. The number of H-pyrrole nitrogens is 1. The Hall–Kier alpha value is -3.87. The molecule has 0 bridgehead atoms. The number of hydrogen-bond donors (Lipinski definition) is 1. The number of rotatable bonds is 4. The van der Waals surface area contributed by atoms with Crippen LogP contribution in [0.15, 0.2) is 43.2 Å². The topological polar surface area (TPSA) is 95.8 Å². The molecule has 2 aliphatic rings. The lowest BCUT2D eigenvalue weighted by atomic mass is 9.97. The number of pyridine rings is 1. The Labute approximate surface area is 209 Å². The third-order valence-corrected chi connectivity index (χ3v) is 6.74. The lowest BCUT2D eigenvalue weighted by Crippen LogP contribution is -2.56. The summed E-state index contributed by atoms with van der Waals surface area (Å²) in [6.45, 7) is 1.28. The minimum atomic E-state index is -5.00. The summed E-state index contributed by atoms with van der Waals surface area (Å²) in [6, 6.07) is 2.90. The maximum absolute atomic E-state index is 14.4. The van der Waals surface area contributed by atoms with E-state index >= 15 is 0 Å². The number of aromatic nitrogens is 6. The van der Waals surface area contributed by atoms with Crippen LogP contribution in [0, 0.1) is 11.9 Å². The van der Waals surface area contributed by atoms with E-state index in [1.54, 1.807) is 17.1 Å². The van der Waals surface area contributed by atoms with Gasteiger partial charge < -0.3 is 9.88 Å². The highest BCUT2D eigenvalue weighted by molar-refractivity contribution is 5.94. The van der Waals surface area contributed by atoms with Crippen LogP contribution in [0.1, 0.15) is 30.3 Å². The molecule has 9 nitrogen and oxygen atoms in total. The Morgan fingerprint density at radius 2 is 1.92 bits per heavy atom. The van der Waals surface area contributed by atoms with E-state index < -0.39 is 35.2 Å². The molecule has 0 saturated carbocycles. The number of halogens is 4. The van der Waals surface area contributed by atoms with Crippen molar-refractivity contribution < 1.29 is 23.7 Å². The minimum Gasteiger partial charge on any atom is -0.346 e. The van der Waals surface area contributed by atoms with Crippen molar-refractivity contribution in [3.8, 4) is 11.3 Å². The Balaban J connectivity index is 1.08. The van der Waals surface area contributed by atoms with E-state index in [9.17, 15) is 22.4 Å². The van der Waals surface area contributed by atoms with Gasteiger partial charge in [0.2, 0.25) is 0 Å². The van der Waals surface area contributed by atoms with Crippen LogP contribution < -0.4 is 0 Å². The average Bonchev–Trinajstić information content (AvgIpc) is 3.52. The fourth-order valence-corrected chi connectivity index (χ4v) is 4.74. The normalized spacial score (nSPS) is 19.1. The Kier molecular flexibility index (Phi) is 5.38. The van der Waals surface area contributed by atoms with Gasteiger partial charge in [0, 0.05) is 63.1 Å². The second kappa shape index (κ2) is 8.91. The molecule has 0 aromatic carbocycles. The standard InChI is InChI=1S/C24H21F4N8O/c25-19-17(1-5-29-21(19)24(26,27)28)23(37)34-7-3-15(4-8-34)35-11-16(12-35)36-10-14(9-33-36)20-18-2-6-30-22(18)32-13-31-20/h1-2,5-6,9-10,13,15H,3-4,7-8,11-12H2,(H,30,31,32)/i15D. The molecular weight excluding hydrogens is 492 g/mol. The van der Waals surface area contributed by atoms with Crippen molar-refractivity contribution in [3.05, 3.63) is 66.4 Å². The third-order valence-electron chi connectivity index (χ3n) is 6.74. The quantitative estimate of drug-likeness (QED) is 0.420. The molecular formula is C24H21F4N8O. The largest absolute Gasteiger partial charge is 0.436 e. The SMILES string of the molecule is [2H]C1(N2C[C](n3cc(-c4ncnc5[nH]ccc45)cn3)C2)CCN(C(=O)c2ccnc(C(F)(F)F)c2F)CC1. The number of amides is 1. The van der Waals surface area contributed by atoms with Gasteiger partial charge in [0.15, 0.2) is 11.5 Å². The number of alkyl halides is 3. The molecule has 1 amide bonds. The molecule has 1 radical (unpaired) electrons. The summed E-state index contributed by atoms with van der Waals surface area (Å²) in [5.41, 5.74) is -0.0374. The van der Waals surface area contributed by atoms with Gasteiger partial charge in [-0.2, -0.15) is 18.3 Å². The molecule has 4 aromatic rings. The van der Waals surface area contributed by atoms with E-state index in [2.05, 4.69) is 25.0 Å². The second-order valence-electron chi connectivity index (χ2n) is 8.94. The van der Waals surface area contributed by atoms with E-state index in [4.69, 9.17) is 1.37 Å². The third kappa shape index (κ3) is 4.22. The first-order chi connectivity index (χ1) is 18.1. The summed E-state index contributed by atoms with van der Waals surface area (Å²) in [7, 11) is 0. The number of likely N-dealkylation sites (tertiary alicyclic amines) is 2. The summed E-state index contributed by atoms with van der Waals surface area (Å²) in [5.74, 6) is -2.51. The van der Waals surface area contributed by atoms with Gasteiger partial charge in [0.05, 0.1) is 17.5 Å². The van der Waals surface area contributed by atoms with Crippen molar-refractivity contribution >= 4 is 16.9 Å². The number of hydrogen-bond acceptors (Lipinski definition) is 6. The molecule has 37 heavy (non-hydrogen) atoms. The summed E-state index contributed by atoms with van der Waals surface area (Å²) >= 11 is 0. The highest BCUT2D eigenvalue weighted by Crippen LogP contribution is 2.32. The number of carbonyl (C=O) groups is 1. The molecule has 2 fully saturated rings. The first-order valence-corrected chi connectivity index (χ1v) is 11.6. The molecule has 0 spiro atoms. The summed E-state index contributed by atoms with van der Waals surface area (Å²) in [4.78, 5) is 30.7. The molecule has 191 valence electrons. The monoisotopic (exact) mass is 514 g/mol. The molecule has 2 aliphatic heterocycles. The molecule has 2 saturated heterocycles. The van der Waals surface area contributed by atoms with Gasteiger partial charge in [-0.25, -0.2) is 19.3 Å². The number of nitrogens with zero attached hydrogens (tertiary/aromatic N) is 7. The van der Waals surface area contributed by atoms with Gasteiger partial charge >= 0.3 is 6.18 Å². The molecule has 0 atom stereocenters. The highest BCUT2D eigenvalue weighted by atomic mass is 19.4. The molecule has 1 N–H and O–H groups in total. The fraction of sp³-hybridized carbons (Fsp3) is 0.333. The van der Waals surface area contributed by atoms with Gasteiger partial charge in [-0.05, 0) is 25.0 Å². The van der Waals surface area contributed by atoms with Gasteiger partial charge in [-0.3, -0.25) is 14.4 Å². The van der Waals surface area contributed by atoms with Crippen LogP contribution in [-0.2, 0) is 6.18 Å². The molecule has 0 aliphatic carbocycles. The Morgan fingerprint density at radius 1 is 1.14 bits per heavy atom. The van der Waals surface area contributed by atoms with Crippen molar-refractivity contribution in [3.63, 3.8) is 0 Å². The number of carbonyl (C=O) groups excluding carboxylic acids is 1. The smallest absolute Gasteiger partial charge is 0.346 e. The van der Waals surface area contributed by atoms with Crippen LogP contribution in [0.4, 0.5) is 17.6 Å². The summed E-state index contributed by atoms with van der Waals surface area (Å²) in [6.07, 6.45) is 3.24. The van der Waals surface area contributed by atoms with Crippen molar-refractivity contribution in [2.75, 3.05) is 26.2 Å². The number of nitrogens with one attached hydrogen (secondary N) is 1. The number of fused-ring (bicyclic) bond motifs is 1. The molecule has 13 heteroatoms. The zero-order valence-corrected chi connectivity index (χ0v) is 19.3. The van der Waals surface area contributed by atoms with Gasteiger partial charge in [-0.1, -0.05) is 0 Å². The lowest BCUT2D eigenvalue weighted by Gasteiger charge is -2.46. The predicted molar refractivity (Wildman–Crippen MR) is 123 cm³/mol. The van der Waals surface area contributed by atoms with E-state index in [1.807, 2.05) is 17.2 Å². The van der Waals surface area contributed by atoms with E-state index in [0.29, 0.717) is 13.1 Å². The van der Waals surface area contributed by atoms with Gasteiger partial charge in [-0.15, -0.1) is 0 Å². The van der Waals surface area contributed by atoms with Crippen LogP contribution in [0.5, 0.6) is 0 Å². The highest BCUT2D eigenvalue weighted by Gasteiger charge is 2.40. The molecule has 0 unspecified atom stereocenters. The van der Waals surface area contributed by atoms with Crippen molar-refractivity contribution in [1.29, 1.82) is 0 Å². The fourth-order valence-electron chi connectivity index (χ4n) is 4.74. The van der Waals surface area contributed by atoms with Crippen molar-refractivity contribution in [1.82, 2.24) is 39.5 Å². The van der Waals surface area contributed by atoms with E-state index in [0.717, 1.165) is 40.6 Å². The first kappa shape index (κ1) is 22.3. The van der Waals surface area contributed by atoms with E-state index in [1.165, 1.54) is 11.2 Å². The van der Waals surface area contributed by atoms with Crippen LogP contribution in [0.2, 0.25) is 0 Å². The van der Waals surface area contributed by atoms with Gasteiger partial charge in [0.1, 0.15) is 18.0 Å². The zero-order chi connectivity index (χ0) is 26.7. The van der Waals surface area contributed by atoms with Gasteiger partial charge in [0.25, 0.3) is 5.91 Å². The Morgan fingerprint density at radius 3 is 2.68 bits per heavy atom. The number of piperidine rings is 1. The molecule has 6 heterocycles. The molecule has 4 aromatic heterocycles. The maximum Gasteiger partial charge on any atom is 0.436 e. The zero-order valence-electron chi connectivity index (χ0n) is 20.3. The lowest BCUT2D eigenvalue weighted by molar-refractivity contribution is -0.143. The van der Waals surface area contributed by atoms with Crippen molar-refractivity contribution in [2.45, 2.75) is 25.0 Å². The van der Waals surface area contributed by atoms with Crippen LogP contribution in [-0.4, -0.2) is 77.6 Å². The second-order valence-corrected chi connectivity index (χ2v) is 8.94. The predicted octanol–water partition coefficient (Wildman–Crippen LogP) is 3.37. The summed E-state index contributed by atoms with van der Waals surface area (Å²) < 4.78 is 64.1. The first-order valence-electron chi connectivity index (χ1n) is 12.1. The van der Waals surface area contributed by atoms with Crippen LogP contribution >= 0.6 is 0 Å². The summed E-state index contributed by atoms with van der Waals surface area (Å²) in [5, 5.41) is 5.35. The van der Waals surface area contributed by atoms with Crippen molar-refractivity contribution in [2.24, 2.45) is 0 Å². The number of aromatic amines is 1. The van der Waals surface area contributed by atoms with Crippen LogP contribution in [0.25, 0.3) is 22.3 Å². The maximum atomic E-state index is 14.4. The molecule has 6 rings (SSSR count). The van der Waals surface area contributed by atoms with Crippen LogP contribution in [0.3, 0.4) is 0 Å². The Bertz CT molecular complexity index is 1500. The average molecular weight is 514 g/mol.